The van der Waals surface area contributed by atoms with Crippen LogP contribution >= 0.6 is 0 Å². The number of halogens is 1. The molecular formula is C21H19FN4O2. The van der Waals surface area contributed by atoms with E-state index in [0.717, 1.165) is 5.56 Å². The number of carbonyl (C=O) groups excluding carboxylic acids is 2. The highest BCUT2D eigenvalue weighted by Gasteiger charge is 2.12. The first-order valence-corrected chi connectivity index (χ1v) is 8.79. The third-order valence-corrected chi connectivity index (χ3v) is 4.05. The topological polar surface area (TPSA) is 84.0 Å². The first-order chi connectivity index (χ1) is 13.6. The number of hydrogen-bond acceptors (Lipinski definition) is 4. The van der Waals surface area contributed by atoms with Crippen LogP contribution in [0.1, 0.15) is 32.1 Å². The maximum Gasteiger partial charge on any atom is 0.270 e. The molecule has 3 rings (SSSR count). The second kappa shape index (κ2) is 9.36. The predicted molar refractivity (Wildman–Crippen MR) is 102 cm³/mol. The molecule has 0 atom stereocenters. The van der Waals surface area contributed by atoms with Crippen LogP contribution in [0.25, 0.3) is 0 Å². The fourth-order valence-corrected chi connectivity index (χ4v) is 2.56. The Labute approximate surface area is 161 Å². The van der Waals surface area contributed by atoms with E-state index in [9.17, 15) is 14.0 Å². The van der Waals surface area contributed by atoms with E-state index < -0.39 is 5.91 Å². The van der Waals surface area contributed by atoms with Gasteiger partial charge in [-0.05, 0) is 47.9 Å². The molecule has 0 fully saturated rings. The van der Waals surface area contributed by atoms with Crippen molar-refractivity contribution >= 4 is 11.8 Å². The molecule has 2 heterocycles. The van der Waals surface area contributed by atoms with Crippen molar-refractivity contribution in [3.05, 3.63) is 95.3 Å². The number of amides is 2. The second-order valence-corrected chi connectivity index (χ2v) is 6.04. The van der Waals surface area contributed by atoms with Gasteiger partial charge in [-0.1, -0.05) is 24.3 Å². The number of aromatic nitrogens is 2. The fourth-order valence-electron chi connectivity index (χ4n) is 2.56. The third-order valence-electron chi connectivity index (χ3n) is 4.05. The first-order valence-electron chi connectivity index (χ1n) is 8.79. The molecule has 2 N–H and O–H groups in total. The second-order valence-electron chi connectivity index (χ2n) is 6.04. The summed E-state index contributed by atoms with van der Waals surface area (Å²) >= 11 is 0. The molecule has 1 aromatic carbocycles. The Kier molecular flexibility index (Phi) is 6.41. The number of benzene rings is 1. The van der Waals surface area contributed by atoms with Crippen molar-refractivity contribution in [3.8, 4) is 0 Å². The van der Waals surface area contributed by atoms with Crippen LogP contribution in [-0.2, 0) is 13.0 Å². The number of carbonyl (C=O) groups is 2. The molecule has 28 heavy (non-hydrogen) atoms. The molecule has 0 aliphatic carbocycles. The molecule has 0 saturated carbocycles. The van der Waals surface area contributed by atoms with E-state index in [1.54, 1.807) is 48.8 Å². The summed E-state index contributed by atoms with van der Waals surface area (Å²) in [7, 11) is 0. The summed E-state index contributed by atoms with van der Waals surface area (Å²) in [6.45, 7) is 0.599. The van der Waals surface area contributed by atoms with Gasteiger partial charge in [0.2, 0.25) is 0 Å². The van der Waals surface area contributed by atoms with Gasteiger partial charge < -0.3 is 10.6 Å². The van der Waals surface area contributed by atoms with Gasteiger partial charge in [-0.3, -0.25) is 14.6 Å². The van der Waals surface area contributed by atoms with Gasteiger partial charge in [-0.15, -0.1) is 0 Å². The van der Waals surface area contributed by atoms with Crippen molar-refractivity contribution < 1.29 is 14.0 Å². The summed E-state index contributed by atoms with van der Waals surface area (Å²) in [5.74, 6) is -1.10. The van der Waals surface area contributed by atoms with E-state index in [0.29, 0.717) is 18.5 Å². The van der Waals surface area contributed by atoms with Gasteiger partial charge in [0.05, 0.1) is 0 Å². The molecule has 6 nitrogen and oxygen atoms in total. The minimum absolute atomic E-state index is 0.130. The molecule has 2 amide bonds. The van der Waals surface area contributed by atoms with Gasteiger partial charge in [0, 0.05) is 25.5 Å². The Bertz CT molecular complexity index is 963. The molecule has 0 aliphatic rings. The average molecular weight is 378 g/mol. The lowest BCUT2D eigenvalue weighted by molar-refractivity contribution is 0.0943. The quantitative estimate of drug-likeness (QED) is 0.662. The zero-order valence-electron chi connectivity index (χ0n) is 15.1. The van der Waals surface area contributed by atoms with Gasteiger partial charge in [0.15, 0.2) is 0 Å². The average Bonchev–Trinajstić information content (AvgIpc) is 2.74. The van der Waals surface area contributed by atoms with Crippen LogP contribution in [0, 0.1) is 5.82 Å². The number of nitrogens with zero attached hydrogens (tertiary/aromatic N) is 2. The van der Waals surface area contributed by atoms with Crippen LogP contribution in [0.5, 0.6) is 0 Å². The summed E-state index contributed by atoms with van der Waals surface area (Å²) in [5, 5.41) is 5.44. The molecule has 0 unspecified atom stereocenters. The van der Waals surface area contributed by atoms with Gasteiger partial charge in [0.25, 0.3) is 11.8 Å². The minimum atomic E-state index is -0.417. The van der Waals surface area contributed by atoms with Gasteiger partial charge in [-0.25, -0.2) is 9.37 Å². The number of hydrogen-bond donors (Lipinski definition) is 2. The summed E-state index contributed by atoms with van der Waals surface area (Å²) in [5.41, 5.74) is 1.71. The maximum absolute atomic E-state index is 13.6. The maximum atomic E-state index is 13.6. The molecule has 142 valence electrons. The highest BCUT2D eigenvalue weighted by molar-refractivity contribution is 5.96. The van der Waals surface area contributed by atoms with Crippen molar-refractivity contribution in [2.75, 3.05) is 6.54 Å². The molecule has 0 spiro atoms. The van der Waals surface area contributed by atoms with E-state index in [1.807, 2.05) is 0 Å². The van der Waals surface area contributed by atoms with Crippen LogP contribution < -0.4 is 10.6 Å². The van der Waals surface area contributed by atoms with E-state index in [-0.39, 0.29) is 29.7 Å². The van der Waals surface area contributed by atoms with Crippen LogP contribution in [0.2, 0.25) is 0 Å². The molecule has 0 radical (unpaired) electrons. The van der Waals surface area contributed by atoms with Gasteiger partial charge in [-0.2, -0.15) is 0 Å². The Hall–Kier alpha value is -3.61. The van der Waals surface area contributed by atoms with Crippen molar-refractivity contribution in [2.45, 2.75) is 13.0 Å². The van der Waals surface area contributed by atoms with Crippen molar-refractivity contribution in [3.63, 3.8) is 0 Å². The van der Waals surface area contributed by atoms with E-state index in [1.165, 1.54) is 18.2 Å². The minimum Gasteiger partial charge on any atom is -0.350 e. The zero-order chi connectivity index (χ0) is 19.8. The molecule has 0 bridgehead atoms. The van der Waals surface area contributed by atoms with Crippen LogP contribution in [0.15, 0.2) is 67.0 Å². The highest BCUT2D eigenvalue weighted by Crippen LogP contribution is 2.07. The lowest BCUT2D eigenvalue weighted by Gasteiger charge is -2.08. The fraction of sp³-hybridized carbons (Fsp3) is 0.143. The lowest BCUT2D eigenvalue weighted by atomic mass is 10.1. The Balaban J connectivity index is 1.55. The summed E-state index contributed by atoms with van der Waals surface area (Å²) in [6, 6.07) is 14.7. The Morgan fingerprint density at radius 2 is 1.54 bits per heavy atom. The molecule has 3 aromatic rings. The van der Waals surface area contributed by atoms with Gasteiger partial charge >= 0.3 is 0 Å². The number of nitrogens with one attached hydrogen (secondary N) is 2. The Morgan fingerprint density at radius 1 is 0.857 bits per heavy atom. The first kappa shape index (κ1) is 19.2. The molecule has 0 saturated heterocycles. The summed E-state index contributed by atoms with van der Waals surface area (Å²) in [4.78, 5) is 32.6. The highest BCUT2D eigenvalue weighted by atomic mass is 19.1. The molecule has 7 heteroatoms. The van der Waals surface area contributed by atoms with E-state index in [2.05, 4.69) is 20.6 Å². The largest absolute Gasteiger partial charge is 0.350 e. The van der Waals surface area contributed by atoms with Crippen LogP contribution in [0.4, 0.5) is 4.39 Å². The SMILES string of the molecule is O=C(NCCc1ccccc1F)c1cccc(C(=O)NCc2ccncc2)n1. The van der Waals surface area contributed by atoms with Crippen molar-refractivity contribution in [1.82, 2.24) is 20.6 Å². The van der Waals surface area contributed by atoms with Crippen molar-refractivity contribution in [2.24, 2.45) is 0 Å². The zero-order valence-corrected chi connectivity index (χ0v) is 15.1. The van der Waals surface area contributed by atoms with Crippen molar-refractivity contribution in [1.29, 1.82) is 0 Å². The monoisotopic (exact) mass is 378 g/mol. The van der Waals surface area contributed by atoms with E-state index in [4.69, 9.17) is 0 Å². The van der Waals surface area contributed by atoms with E-state index >= 15 is 0 Å². The predicted octanol–water partition coefficient (Wildman–Crippen LogP) is 2.52. The van der Waals surface area contributed by atoms with Crippen LogP contribution in [-0.4, -0.2) is 28.3 Å². The lowest BCUT2D eigenvalue weighted by Crippen LogP contribution is -2.28. The van der Waals surface area contributed by atoms with Crippen LogP contribution in [0.3, 0.4) is 0 Å². The summed E-state index contributed by atoms with van der Waals surface area (Å²) < 4.78 is 13.6. The normalized spacial score (nSPS) is 10.3. The molecule has 2 aromatic heterocycles. The molecule has 0 aliphatic heterocycles. The van der Waals surface area contributed by atoms with Gasteiger partial charge in [0.1, 0.15) is 17.2 Å². The number of rotatable bonds is 7. The Morgan fingerprint density at radius 3 is 2.25 bits per heavy atom. The standard InChI is InChI=1S/C21H19FN4O2/c22-17-5-2-1-4-16(17)10-13-24-20(27)18-6-3-7-19(26-18)21(28)25-14-15-8-11-23-12-9-15/h1-9,11-12H,10,13-14H2,(H,24,27)(H,25,28). The smallest absolute Gasteiger partial charge is 0.270 e. The number of pyridine rings is 2. The summed E-state index contributed by atoms with van der Waals surface area (Å²) in [6.07, 6.45) is 3.66. The molecular weight excluding hydrogens is 359 g/mol. The third kappa shape index (κ3) is 5.20.